The highest BCUT2D eigenvalue weighted by Crippen LogP contribution is 2.21. The molecule has 0 saturated carbocycles. The Morgan fingerprint density at radius 3 is 2.47 bits per heavy atom. The Hall–Kier alpha value is -3.31. The van der Waals surface area contributed by atoms with Crippen LogP contribution < -0.4 is 10.9 Å². The fourth-order valence-electron chi connectivity index (χ4n) is 3.23. The number of carbonyl (C=O) groups is 1. The van der Waals surface area contributed by atoms with Crippen molar-refractivity contribution in [3.8, 4) is 0 Å². The Bertz CT molecular complexity index is 1290. The highest BCUT2D eigenvalue weighted by molar-refractivity contribution is 7.98. The van der Waals surface area contributed by atoms with Crippen LogP contribution in [0.4, 0.5) is 11.4 Å². The molecule has 0 atom stereocenters. The fourth-order valence-corrected chi connectivity index (χ4v) is 3.64. The molecule has 1 aromatic heterocycles. The van der Waals surface area contributed by atoms with Crippen LogP contribution in [-0.4, -0.2) is 12.2 Å². The quantitative estimate of drug-likeness (QED) is 0.401. The Morgan fingerprint density at radius 2 is 1.73 bits per heavy atom. The zero-order valence-corrected chi connectivity index (χ0v) is 17.9. The maximum atomic E-state index is 13.2. The van der Waals surface area contributed by atoms with Crippen LogP contribution in [0.3, 0.4) is 0 Å². The van der Waals surface area contributed by atoms with Gasteiger partial charge in [0.1, 0.15) is 11.1 Å². The van der Waals surface area contributed by atoms with Gasteiger partial charge in [-0.3, -0.25) is 4.79 Å². The highest BCUT2D eigenvalue weighted by Gasteiger charge is 2.14. The van der Waals surface area contributed by atoms with Crippen LogP contribution in [0.1, 0.15) is 21.5 Å². The summed E-state index contributed by atoms with van der Waals surface area (Å²) >= 11 is 1.67. The summed E-state index contributed by atoms with van der Waals surface area (Å²) in [5.74, 6) is -0.254. The second-order valence-corrected chi connectivity index (χ2v) is 7.97. The largest absolute Gasteiger partial charge is 0.438 e. The van der Waals surface area contributed by atoms with E-state index in [9.17, 15) is 4.79 Å². The van der Waals surface area contributed by atoms with Gasteiger partial charge < -0.3 is 9.73 Å². The first-order chi connectivity index (χ1) is 14.5. The van der Waals surface area contributed by atoms with Gasteiger partial charge in [0, 0.05) is 16.0 Å². The molecule has 0 bridgehead atoms. The Labute approximate surface area is 179 Å². The van der Waals surface area contributed by atoms with Gasteiger partial charge in [-0.1, -0.05) is 35.9 Å². The zero-order chi connectivity index (χ0) is 21.1. The minimum atomic E-state index is -0.254. The van der Waals surface area contributed by atoms with Gasteiger partial charge in [0.05, 0.1) is 5.69 Å². The molecule has 0 aliphatic rings. The van der Waals surface area contributed by atoms with Crippen molar-refractivity contribution in [2.24, 2.45) is 4.99 Å². The van der Waals surface area contributed by atoms with Crippen LogP contribution >= 0.6 is 11.8 Å². The van der Waals surface area contributed by atoms with E-state index >= 15 is 0 Å². The summed E-state index contributed by atoms with van der Waals surface area (Å²) in [5, 5.41) is 3.85. The van der Waals surface area contributed by atoms with Crippen molar-refractivity contribution in [3.05, 3.63) is 95.0 Å². The van der Waals surface area contributed by atoms with E-state index in [1.807, 2.05) is 92.9 Å². The van der Waals surface area contributed by atoms with Gasteiger partial charge in [0.2, 0.25) is 5.55 Å². The molecule has 4 nitrogen and oxygen atoms in total. The molecule has 0 fully saturated rings. The third-order valence-corrected chi connectivity index (χ3v) is 5.58. The number of nitrogens with zero attached hydrogens (tertiary/aromatic N) is 1. The summed E-state index contributed by atoms with van der Waals surface area (Å²) in [6.45, 7) is 4.01. The Kier molecular flexibility index (Phi) is 5.72. The summed E-state index contributed by atoms with van der Waals surface area (Å²) in [4.78, 5) is 19.0. The van der Waals surface area contributed by atoms with Gasteiger partial charge in [-0.05, 0) is 68.1 Å². The molecule has 30 heavy (non-hydrogen) atoms. The van der Waals surface area contributed by atoms with Crippen LogP contribution in [0.15, 0.2) is 87.1 Å². The van der Waals surface area contributed by atoms with E-state index in [0.29, 0.717) is 11.1 Å². The van der Waals surface area contributed by atoms with E-state index in [2.05, 4.69) is 10.3 Å². The molecule has 4 aromatic rings. The number of nitrogens with one attached hydrogen (secondary N) is 1. The number of carbonyl (C=O) groups excluding carboxylic acids is 1. The van der Waals surface area contributed by atoms with E-state index in [-0.39, 0.29) is 11.5 Å². The minimum absolute atomic E-state index is 0.254. The monoisotopic (exact) mass is 414 g/mol. The topological polar surface area (TPSA) is 54.6 Å². The maximum Gasteiger partial charge on any atom is 0.261 e. The second-order valence-electron chi connectivity index (χ2n) is 7.09. The van der Waals surface area contributed by atoms with Crippen molar-refractivity contribution in [3.63, 3.8) is 0 Å². The van der Waals surface area contributed by atoms with Gasteiger partial charge in [-0.25, -0.2) is 4.99 Å². The summed E-state index contributed by atoms with van der Waals surface area (Å²) in [7, 11) is 0. The van der Waals surface area contributed by atoms with E-state index in [4.69, 9.17) is 4.42 Å². The molecule has 1 N–H and O–H groups in total. The lowest BCUT2D eigenvalue weighted by Gasteiger charge is -2.10. The molecule has 0 aliphatic carbocycles. The number of thioether (sulfide) groups is 1. The molecule has 1 amide bonds. The first-order valence-electron chi connectivity index (χ1n) is 9.64. The number of hydrogen-bond donors (Lipinski definition) is 1. The second kappa shape index (κ2) is 8.59. The third-order valence-electron chi connectivity index (χ3n) is 4.83. The number of fused-ring (bicyclic) bond motifs is 1. The van der Waals surface area contributed by atoms with Gasteiger partial charge >= 0.3 is 0 Å². The molecule has 4 rings (SSSR count). The van der Waals surface area contributed by atoms with E-state index < -0.39 is 0 Å². The average Bonchev–Trinajstić information content (AvgIpc) is 2.75. The van der Waals surface area contributed by atoms with E-state index in [1.54, 1.807) is 11.8 Å². The van der Waals surface area contributed by atoms with Crippen LogP contribution in [0.5, 0.6) is 0 Å². The minimum Gasteiger partial charge on any atom is -0.438 e. The number of rotatable bonds is 4. The van der Waals surface area contributed by atoms with Crippen molar-refractivity contribution in [2.45, 2.75) is 18.7 Å². The summed E-state index contributed by atoms with van der Waals surface area (Å²) < 4.78 is 6.03. The van der Waals surface area contributed by atoms with Crippen molar-refractivity contribution in [1.29, 1.82) is 0 Å². The molecule has 0 saturated heterocycles. The highest BCUT2D eigenvalue weighted by atomic mass is 32.2. The molecule has 0 aliphatic heterocycles. The zero-order valence-electron chi connectivity index (χ0n) is 17.1. The summed E-state index contributed by atoms with van der Waals surface area (Å²) in [6, 6.07) is 23.2. The maximum absolute atomic E-state index is 13.2. The molecular formula is C25H22N2O2S. The Balaban J connectivity index is 1.81. The first kappa shape index (κ1) is 20.0. The number of benzene rings is 3. The van der Waals surface area contributed by atoms with Gasteiger partial charge in [0.25, 0.3) is 5.91 Å². The van der Waals surface area contributed by atoms with Crippen molar-refractivity contribution in [1.82, 2.24) is 0 Å². The molecular weight excluding hydrogens is 392 g/mol. The average molecular weight is 415 g/mol. The van der Waals surface area contributed by atoms with E-state index in [1.165, 1.54) is 0 Å². The smallest absolute Gasteiger partial charge is 0.261 e. The molecule has 0 unspecified atom stereocenters. The SMILES string of the molecule is CSc1ccc(N=c2oc3ccccc3cc2C(=O)Nc2ccc(C)cc2C)cc1. The summed E-state index contributed by atoms with van der Waals surface area (Å²) in [5.41, 5.74) is 5.01. The normalized spacial score (nSPS) is 11.6. The van der Waals surface area contributed by atoms with Crippen molar-refractivity contribution >= 4 is 40.0 Å². The first-order valence-corrected chi connectivity index (χ1v) is 10.9. The molecule has 150 valence electrons. The van der Waals surface area contributed by atoms with Gasteiger partial charge in [-0.2, -0.15) is 0 Å². The van der Waals surface area contributed by atoms with Crippen molar-refractivity contribution in [2.75, 3.05) is 11.6 Å². The Morgan fingerprint density at radius 1 is 0.967 bits per heavy atom. The predicted molar refractivity (Wildman–Crippen MR) is 124 cm³/mol. The molecule has 1 heterocycles. The molecule has 3 aromatic carbocycles. The number of aryl methyl sites for hydroxylation is 2. The van der Waals surface area contributed by atoms with Gasteiger partial charge in [-0.15, -0.1) is 11.8 Å². The van der Waals surface area contributed by atoms with Gasteiger partial charge in [0.15, 0.2) is 0 Å². The number of anilines is 1. The number of para-hydroxylation sites is 1. The van der Waals surface area contributed by atoms with Crippen LogP contribution in [-0.2, 0) is 0 Å². The number of amides is 1. The van der Waals surface area contributed by atoms with Crippen LogP contribution in [0.2, 0.25) is 0 Å². The lowest BCUT2D eigenvalue weighted by atomic mass is 10.1. The lowest BCUT2D eigenvalue weighted by molar-refractivity contribution is 0.102. The predicted octanol–water partition coefficient (Wildman–Crippen LogP) is 6.26. The van der Waals surface area contributed by atoms with E-state index in [0.717, 1.165) is 32.8 Å². The molecule has 0 radical (unpaired) electrons. The fraction of sp³-hybridized carbons (Fsp3) is 0.120. The molecule has 5 heteroatoms. The molecule has 0 spiro atoms. The summed E-state index contributed by atoms with van der Waals surface area (Å²) in [6.07, 6.45) is 2.03. The van der Waals surface area contributed by atoms with Crippen molar-refractivity contribution < 1.29 is 9.21 Å². The standard InChI is InChI=1S/C25H22N2O2S/c1-16-8-13-22(17(2)14-16)27-24(28)21-15-18-6-4-5-7-23(18)29-25(21)26-19-9-11-20(30-3)12-10-19/h4-15H,1-3H3,(H,27,28). The third kappa shape index (κ3) is 4.31. The lowest BCUT2D eigenvalue weighted by Crippen LogP contribution is -2.22. The van der Waals surface area contributed by atoms with Crippen LogP contribution in [0.25, 0.3) is 11.0 Å². The number of hydrogen-bond acceptors (Lipinski definition) is 4. The van der Waals surface area contributed by atoms with Crippen LogP contribution in [0, 0.1) is 13.8 Å².